The van der Waals surface area contributed by atoms with Gasteiger partial charge in [-0.15, -0.1) is 11.8 Å². The topological polar surface area (TPSA) is 56.8 Å². The number of esters is 1. The van der Waals surface area contributed by atoms with E-state index < -0.39 is 0 Å². The molecule has 0 saturated carbocycles. The summed E-state index contributed by atoms with van der Waals surface area (Å²) in [4.78, 5) is 19.0. The van der Waals surface area contributed by atoms with Gasteiger partial charge in [-0.05, 0) is 43.0 Å². The molecule has 2 unspecified atom stereocenters. The van der Waals surface area contributed by atoms with E-state index in [0.29, 0.717) is 13.2 Å². The average molecular weight is 402 g/mol. The van der Waals surface area contributed by atoms with Gasteiger partial charge in [0.2, 0.25) is 0 Å². The summed E-state index contributed by atoms with van der Waals surface area (Å²) in [6, 6.07) is 17.8. The molecule has 150 valence electrons. The molecule has 2 aromatic rings. The van der Waals surface area contributed by atoms with E-state index in [-0.39, 0.29) is 17.5 Å². The van der Waals surface area contributed by atoms with Gasteiger partial charge in [0.1, 0.15) is 5.25 Å². The van der Waals surface area contributed by atoms with Crippen molar-refractivity contribution in [2.75, 3.05) is 13.2 Å². The van der Waals surface area contributed by atoms with Crippen molar-refractivity contribution in [2.24, 2.45) is 0 Å². The van der Waals surface area contributed by atoms with E-state index in [0.717, 1.165) is 41.9 Å². The SMILES string of the molecule is CCOC(=O)C(Sc1ccc(CNOC2CCCCO2)cc1)c1ccccc1. The highest BCUT2D eigenvalue weighted by Gasteiger charge is 2.23. The summed E-state index contributed by atoms with van der Waals surface area (Å²) < 4.78 is 10.8. The van der Waals surface area contributed by atoms with Crippen LogP contribution in [0.3, 0.4) is 0 Å². The highest BCUT2D eigenvalue weighted by atomic mass is 32.2. The van der Waals surface area contributed by atoms with Crippen molar-refractivity contribution in [3.05, 3.63) is 65.7 Å². The zero-order valence-corrected chi connectivity index (χ0v) is 17.0. The largest absolute Gasteiger partial charge is 0.465 e. The number of hydrogen-bond donors (Lipinski definition) is 1. The van der Waals surface area contributed by atoms with Crippen molar-refractivity contribution in [1.29, 1.82) is 0 Å². The van der Waals surface area contributed by atoms with Crippen LogP contribution in [0.2, 0.25) is 0 Å². The van der Waals surface area contributed by atoms with E-state index in [1.54, 1.807) is 0 Å². The predicted molar refractivity (Wildman–Crippen MR) is 110 cm³/mol. The fraction of sp³-hybridized carbons (Fsp3) is 0.409. The predicted octanol–water partition coefficient (Wildman–Crippen LogP) is 4.63. The van der Waals surface area contributed by atoms with E-state index in [9.17, 15) is 4.79 Å². The molecule has 1 aliphatic heterocycles. The van der Waals surface area contributed by atoms with Crippen molar-refractivity contribution >= 4 is 17.7 Å². The molecule has 0 aromatic heterocycles. The Hall–Kier alpha value is -1.86. The average Bonchev–Trinajstić information content (AvgIpc) is 2.74. The number of rotatable bonds is 9. The third kappa shape index (κ3) is 6.34. The number of hydroxylamine groups is 1. The van der Waals surface area contributed by atoms with Gasteiger partial charge in [0, 0.05) is 24.5 Å². The van der Waals surface area contributed by atoms with Crippen LogP contribution in [0.4, 0.5) is 0 Å². The molecule has 0 spiro atoms. The third-order valence-corrected chi connectivity index (χ3v) is 5.65. The van der Waals surface area contributed by atoms with Gasteiger partial charge in [-0.2, -0.15) is 5.48 Å². The first-order valence-electron chi connectivity index (χ1n) is 9.73. The second-order valence-electron chi connectivity index (χ2n) is 6.54. The van der Waals surface area contributed by atoms with E-state index in [2.05, 4.69) is 5.48 Å². The van der Waals surface area contributed by atoms with Crippen molar-refractivity contribution < 1.29 is 19.1 Å². The zero-order valence-electron chi connectivity index (χ0n) is 16.1. The highest BCUT2D eigenvalue weighted by Crippen LogP contribution is 2.36. The normalized spacial score (nSPS) is 17.8. The lowest BCUT2D eigenvalue weighted by atomic mass is 10.1. The molecule has 1 saturated heterocycles. The number of carbonyl (C=O) groups is 1. The van der Waals surface area contributed by atoms with Gasteiger partial charge in [-0.3, -0.25) is 9.63 Å². The summed E-state index contributed by atoms with van der Waals surface area (Å²) in [5.41, 5.74) is 5.03. The van der Waals surface area contributed by atoms with Gasteiger partial charge in [0.15, 0.2) is 6.29 Å². The molecule has 1 aliphatic rings. The lowest BCUT2D eigenvalue weighted by Crippen LogP contribution is -2.29. The van der Waals surface area contributed by atoms with Gasteiger partial charge in [-0.25, -0.2) is 0 Å². The minimum Gasteiger partial charge on any atom is -0.465 e. The van der Waals surface area contributed by atoms with Gasteiger partial charge in [-0.1, -0.05) is 42.5 Å². The fourth-order valence-corrected chi connectivity index (χ4v) is 3.96. The minimum absolute atomic E-state index is 0.153. The number of ether oxygens (including phenoxy) is 2. The molecule has 5 nitrogen and oxygen atoms in total. The molecule has 3 rings (SSSR count). The number of benzene rings is 2. The van der Waals surface area contributed by atoms with Crippen molar-refractivity contribution in [2.45, 2.75) is 49.2 Å². The van der Waals surface area contributed by atoms with E-state index in [1.807, 2.05) is 61.5 Å². The number of carbonyl (C=O) groups excluding carboxylic acids is 1. The van der Waals surface area contributed by atoms with Crippen LogP contribution < -0.4 is 5.48 Å². The second-order valence-corrected chi connectivity index (χ2v) is 7.72. The maximum Gasteiger partial charge on any atom is 0.323 e. The first kappa shape index (κ1) is 20.9. The Morgan fingerprint density at radius 2 is 1.96 bits per heavy atom. The molecule has 2 aromatic carbocycles. The molecule has 0 amide bonds. The summed E-state index contributed by atoms with van der Waals surface area (Å²) in [6.07, 6.45) is 3.02. The Balaban J connectivity index is 1.55. The number of nitrogens with one attached hydrogen (secondary N) is 1. The minimum atomic E-state index is -0.378. The summed E-state index contributed by atoms with van der Waals surface area (Å²) in [5.74, 6) is -0.217. The molecule has 0 bridgehead atoms. The van der Waals surface area contributed by atoms with Gasteiger partial charge in [0.05, 0.1) is 6.61 Å². The van der Waals surface area contributed by atoms with Gasteiger partial charge >= 0.3 is 5.97 Å². The van der Waals surface area contributed by atoms with Gasteiger partial charge < -0.3 is 9.47 Å². The Morgan fingerprint density at radius 1 is 1.18 bits per heavy atom. The molecule has 1 N–H and O–H groups in total. The molecule has 28 heavy (non-hydrogen) atoms. The van der Waals surface area contributed by atoms with Crippen LogP contribution in [0.25, 0.3) is 0 Å². The molecule has 2 atom stereocenters. The molecule has 1 heterocycles. The van der Waals surface area contributed by atoms with Crippen LogP contribution in [-0.4, -0.2) is 25.5 Å². The number of hydrogen-bond acceptors (Lipinski definition) is 6. The molecule has 6 heteroatoms. The first-order chi connectivity index (χ1) is 13.8. The lowest BCUT2D eigenvalue weighted by Gasteiger charge is -2.22. The van der Waals surface area contributed by atoms with Crippen molar-refractivity contribution in [1.82, 2.24) is 5.48 Å². The smallest absolute Gasteiger partial charge is 0.323 e. The van der Waals surface area contributed by atoms with Crippen molar-refractivity contribution in [3.8, 4) is 0 Å². The summed E-state index contributed by atoms with van der Waals surface area (Å²) in [6.45, 7) is 3.57. The fourth-order valence-electron chi connectivity index (χ4n) is 2.94. The second kappa shape index (κ2) is 11.2. The monoisotopic (exact) mass is 401 g/mol. The number of thioether (sulfide) groups is 1. The maximum absolute atomic E-state index is 12.4. The zero-order chi connectivity index (χ0) is 19.6. The molecule has 0 radical (unpaired) electrons. The Labute approximate surface area is 170 Å². The Kier molecular flexibility index (Phi) is 8.36. The maximum atomic E-state index is 12.4. The van der Waals surface area contributed by atoms with Crippen LogP contribution in [0.15, 0.2) is 59.5 Å². The highest BCUT2D eigenvalue weighted by molar-refractivity contribution is 8.00. The van der Waals surface area contributed by atoms with Crippen LogP contribution in [0.1, 0.15) is 42.6 Å². The van der Waals surface area contributed by atoms with E-state index in [1.165, 1.54) is 11.8 Å². The van der Waals surface area contributed by atoms with E-state index in [4.69, 9.17) is 14.3 Å². The molecular formula is C22H27NO4S. The van der Waals surface area contributed by atoms with Crippen LogP contribution >= 0.6 is 11.8 Å². The van der Waals surface area contributed by atoms with Crippen molar-refractivity contribution in [3.63, 3.8) is 0 Å². The summed E-state index contributed by atoms with van der Waals surface area (Å²) >= 11 is 1.50. The van der Waals surface area contributed by atoms with Crippen LogP contribution in [0, 0.1) is 0 Å². The standard InChI is InChI=1S/C22H27NO4S/c1-2-25-22(24)21(18-8-4-3-5-9-18)28-19-13-11-17(12-14-19)16-23-27-20-10-6-7-15-26-20/h3-5,8-9,11-14,20-21,23H,2,6-7,10,15-16H2,1H3. The molecular weight excluding hydrogens is 374 g/mol. The quantitative estimate of drug-likeness (QED) is 0.376. The molecule has 1 fully saturated rings. The van der Waals surface area contributed by atoms with E-state index >= 15 is 0 Å². The summed E-state index contributed by atoms with van der Waals surface area (Å²) in [7, 11) is 0. The van der Waals surface area contributed by atoms with Crippen LogP contribution in [0.5, 0.6) is 0 Å². The Bertz CT molecular complexity index is 717. The summed E-state index contributed by atoms with van der Waals surface area (Å²) in [5, 5.41) is -0.378. The lowest BCUT2D eigenvalue weighted by molar-refractivity contribution is -0.198. The van der Waals surface area contributed by atoms with Crippen LogP contribution in [-0.2, 0) is 25.7 Å². The van der Waals surface area contributed by atoms with Gasteiger partial charge in [0.25, 0.3) is 0 Å². The first-order valence-corrected chi connectivity index (χ1v) is 10.6. The Morgan fingerprint density at radius 3 is 2.64 bits per heavy atom. The molecule has 0 aliphatic carbocycles. The third-order valence-electron chi connectivity index (χ3n) is 4.41.